The molecule has 2 unspecified atom stereocenters. The number of ether oxygens (including phenoxy) is 1. The molecule has 180 valence electrons. The molecule has 0 spiro atoms. The topological polar surface area (TPSA) is 82.0 Å². The molecule has 0 aromatic heterocycles. The Bertz CT molecular complexity index is 1160. The maximum absolute atomic E-state index is 14.8. The lowest BCUT2D eigenvalue weighted by atomic mass is 9.78. The van der Waals surface area contributed by atoms with Gasteiger partial charge >= 0.3 is 0 Å². The van der Waals surface area contributed by atoms with Crippen LogP contribution in [0.4, 0.5) is 10.1 Å². The van der Waals surface area contributed by atoms with E-state index in [9.17, 15) is 19.4 Å². The SMILES string of the molecule is O=C1NCc2c(OC[C@]3(O)CCN(c4ccc(Cl)cc4F)C(C4C=CCC4)[C@H]3O)ccc(Cl)c21. The summed E-state index contributed by atoms with van der Waals surface area (Å²) in [6.45, 7) is 0.424. The maximum Gasteiger partial charge on any atom is 0.253 e. The lowest BCUT2D eigenvalue weighted by Gasteiger charge is -2.50. The van der Waals surface area contributed by atoms with Gasteiger partial charge in [0.1, 0.15) is 29.9 Å². The Morgan fingerprint density at radius 1 is 1.26 bits per heavy atom. The molecule has 0 radical (unpaired) electrons. The lowest BCUT2D eigenvalue weighted by Crippen LogP contribution is -2.65. The molecular formula is C25H25Cl2FN2O4. The molecule has 9 heteroatoms. The summed E-state index contributed by atoms with van der Waals surface area (Å²) in [6.07, 6.45) is 4.67. The number of carbonyl (C=O) groups excluding carboxylic acids is 1. The molecule has 4 atom stereocenters. The van der Waals surface area contributed by atoms with Crippen molar-refractivity contribution in [1.82, 2.24) is 5.32 Å². The summed E-state index contributed by atoms with van der Waals surface area (Å²) in [5.41, 5.74) is -0.222. The van der Waals surface area contributed by atoms with Crippen LogP contribution in [0.1, 0.15) is 35.2 Å². The van der Waals surface area contributed by atoms with E-state index in [-0.39, 0.29) is 31.4 Å². The first kappa shape index (κ1) is 23.4. The maximum atomic E-state index is 14.8. The predicted molar refractivity (Wildman–Crippen MR) is 128 cm³/mol. The minimum Gasteiger partial charge on any atom is -0.490 e. The quantitative estimate of drug-likeness (QED) is 0.532. The number of aliphatic hydroxyl groups excluding tert-OH is 1. The Morgan fingerprint density at radius 2 is 2.09 bits per heavy atom. The zero-order valence-electron chi connectivity index (χ0n) is 18.3. The number of aliphatic hydroxyl groups is 2. The van der Waals surface area contributed by atoms with E-state index in [2.05, 4.69) is 5.32 Å². The standard InChI is InChI=1S/C25H25Cl2FN2O4/c26-15-5-7-19(18(28)11-15)30-10-9-25(33,23(31)22(30)14-3-1-2-4-14)13-34-20-8-6-17(27)21-16(20)12-29-24(21)32/h1,3,5-8,11,14,22-23,31,33H,2,4,9-10,12-13H2,(H,29,32)/t14?,22?,23-,25-/m1/s1. The van der Waals surface area contributed by atoms with Crippen molar-refractivity contribution in [2.24, 2.45) is 5.92 Å². The van der Waals surface area contributed by atoms with Crippen LogP contribution in [0.15, 0.2) is 42.5 Å². The summed E-state index contributed by atoms with van der Waals surface area (Å²) in [5, 5.41) is 26.3. The Hall–Kier alpha value is -2.32. The highest BCUT2D eigenvalue weighted by molar-refractivity contribution is 6.34. The summed E-state index contributed by atoms with van der Waals surface area (Å²) in [4.78, 5) is 13.9. The number of benzene rings is 2. The third-order valence-corrected chi connectivity index (χ3v) is 7.63. The highest BCUT2D eigenvalue weighted by Gasteiger charge is 2.50. The number of fused-ring (bicyclic) bond motifs is 1. The number of carbonyl (C=O) groups is 1. The van der Waals surface area contributed by atoms with Crippen molar-refractivity contribution in [3.8, 4) is 5.75 Å². The van der Waals surface area contributed by atoms with Gasteiger partial charge in [-0.1, -0.05) is 35.4 Å². The number of rotatable bonds is 5. The summed E-state index contributed by atoms with van der Waals surface area (Å²) in [6, 6.07) is 7.18. The number of halogens is 3. The van der Waals surface area contributed by atoms with E-state index in [1.54, 1.807) is 24.3 Å². The molecule has 2 aromatic rings. The Labute approximate surface area is 206 Å². The summed E-state index contributed by atoms with van der Waals surface area (Å²) < 4.78 is 20.8. The van der Waals surface area contributed by atoms with Crippen LogP contribution in [0.25, 0.3) is 0 Å². The number of piperidine rings is 1. The molecule has 2 heterocycles. The molecule has 1 amide bonds. The minimum absolute atomic E-state index is 0.0569. The van der Waals surface area contributed by atoms with Crippen molar-refractivity contribution < 1.29 is 24.1 Å². The van der Waals surface area contributed by atoms with Crippen LogP contribution < -0.4 is 15.0 Å². The zero-order chi connectivity index (χ0) is 24.0. The van der Waals surface area contributed by atoms with Gasteiger partial charge in [0.15, 0.2) is 0 Å². The molecule has 5 rings (SSSR count). The van der Waals surface area contributed by atoms with Gasteiger partial charge in [0, 0.05) is 29.6 Å². The summed E-state index contributed by atoms with van der Waals surface area (Å²) in [5.74, 6) is -0.363. The number of anilines is 1. The van der Waals surface area contributed by atoms with Gasteiger partial charge in [-0.2, -0.15) is 0 Å². The number of allylic oxidation sites excluding steroid dienone is 1. The Balaban J connectivity index is 1.41. The molecule has 0 bridgehead atoms. The minimum atomic E-state index is -1.57. The molecule has 0 saturated carbocycles. The van der Waals surface area contributed by atoms with Crippen molar-refractivity contribution in [2.45, 2.75) is 43.6 Å². The van der Waals surface area contributed by atoms with Gasteiger partial charge in [-0.15, -0.1) is 0 Å². The molecule has 1 saturated heterocycles. The second-order valence-corrected chi connectivity index (χ2v) is 9.96. The number of amides is 1. The van der Waals surface area contributed by atoms with Gasteiger partial charge in [-0.3, -0.25) is 4.79 Å². The summed E-state index contributed by atoms with van der Waals surface area (Å²) in [7, 11) is 0. The number of nitrogens with zero attached hydrogens (tertiary/aromatic N) is 1. The third-order valence-electron chi connectivity index (χ3n) is 7.08. The van der Waals surface area contributed by atoms with Crippen molar-refractivity contribution in [2.75, 3.05) is 18.1 Å². The first-order valence-corrected chi connectivity index (χ1v) is 12.1. The second-order valence-electron chi connectivity index (χ2n) is 9.12. The number of nitrogens with one attached hydrogen (secondary N) is 1. The van der Waals surface area contributed by atoms with Gasteiger partial charge in [0.05, 0.1) is 22.3 Å². The van der Waals surface area contributed by atoms with E-state index in [0.29, 0.717) is 39.2 Å². The fourth-order valence-electron chi connectivity index (χ4n) is 5.27. The van der Waals surface area contributed by atoms with E-state index >= 15 is 0 Å². The van der Waals surface area contributed by atoms with E-state index in [0.717, 1.165) is 12.8 Å². The highest BCUT2D eigenvalue weighted by atomic mass is 35.5. The third kappa shape index (κ3) is 4.05. The van der Waals surface area contributed by atoms with Crippen molar-refractivity contribution in [3.63, 3.8) is 0 Å². The van der Waals surface area contributed by atoms with Crippen LogP contribution in [0.5, 0.6) is 5.75 Å². The van der Waals surface area contributed by atoms with Crippen LogP contribution in [0.3, 0.4) is 0 Å². The van der Waals surface area contributed by atoms with E-state index in [1.165, 1.54) is 6.07 Å². The van der Waals surface area contributed by atoms with Crippen molar-refractivity contribution >= 4 is 34.8 Å². The first-order chi connectivity index (χ1) is 16.3. The van der Waals surface area contributed by atoms with Gasteiger partial charge in [-0.25, -0.2) is 4.39 Å². The van der Waals surface area contributed by atoms with E-state index in [4.69, 9.17) is 27.9 Å². The van der Waals surface area contributed by atoms with Crippen LogP contribution in [-0.2, 0) is 6.54 Å². The predicted octanol–water partition coefficient (Wildman–Crippen LogP) is 4.09. The van der Waals surface area contributed by atoms with Crippen LogP contribution in [0.2, 0.25) is 10.0 Å². The summed E-state index contributed by atoms with van der Waals surface area (Å²) >= 11 is 12.1. The average Bonchev–Trinajstić information content (AvgIpc) is 3.46. The normalized spacial score (nSPS) is 28.2. The fraction of sp³-hybridized carbons (Fsp3) is 0.400. The van der Waals surface area contributed by atoms with Gasteiger partial charge in [-0.05, 0) is 49.6 Å². The molecule has 3 aliphatic rings. The largest absolute Gasteiger partial charge is 0.490 e. The van der Waals surface area contributed by atoms with Crippen LogP contribution in [-0.4, -0.2) is 47.0 Å². The van der Waals surface area contributed by atoms with Gasteiger partial charge in [0.25, 0.3) is 5.91 Å². The monoisotopic (exact) mass is 506 g/mol. The van der Waals surface area contributed by atoms with Crippen molar-refractivity contribution in [3.05, 3.63) is 69.5 Å². The Kier molecular flexibility index (Phi) is 6.23. The van der Waals surface area contributed by atoms with E-state index < -0.39 is 23.6 Å². The zero-order valence-corrected chi connectivity index (χ0v) is 19.8. The smallest absolute Gasteiger partial charge is 0.253 e. The Morgan fingerprint density at radius 3 is 2.82 bits per heavy atom. The first-order valence-electron chi connectivity index (χ1n) is 11.3. The number of hydrogen-bond donors (Lipinski definition) is 3. The molecular weight excluding hydrogens is 482 g/mol. The molecule has 34 heavy (non-hydrogen) atoms. The van der Waals surface area contributed by atoms with Gasteiger partial charge < -0.3 is 25.2 Å². The molecule has 2 aliphatic heterocycles. The highest BCUT2D eigenvalue weighted by Crippen LogP contribution is 2.40. The lowest BCUT2D eigenvalue weighted by molar-refractivity contribution is -0.128. The molecule has 1 aliphatic carbocycles. The van der Waals surface area contributed by atoms with E-state index in [1.807, 2.05) is 17.1 Å². The fourth-order valence-corrected chi connectivity index (χ4v) is 5.70. The van der Waals surface area contributed by atoms with Crippen LogP contribution >= 0.6 is 23.2 Å². The molecule has 2 aromatic carbocycles. The number of hydrogen-bond acceptors (Lipinski definition) is 5. The van der Waals surface area contributed by atoms with Crippen molar-refractivity contribution in [1.29, 1.82) is 0 Å². The molecule has 1 fully saturated rings. The average molecular weight is 507 g/mol. The van der Waals surface area contributed by atoms with Crippen LogP contribution in [0, 0.1) is 11.7 Å². The van der Waals surface area contributed by atoms with Gasteiger partial charge in [0.2, 0.25) is 0 Å². The molecule has 3 N–H and O–H groups in total. The molecule has 6 nitrogen and oxygen atoms in total. The second kappa shape index (κ2) is 9.04.